The Balaban J connectivity index is 1.82. The van der Waals surface area contributed by atoms with Gasteiger partial charge < -0.3 is 40.5 Å². The molecule has 0 radical (unpaired) electrons. The number of nitrogens with one attached hydrogen (secondary N) is 4. The Morgan fingerprint density at radius 1 is 0.552 bits per heavy atom. The molecule has 2 aliphatic rings. The molecular formula is C44H82N12O2. The van der Waals surface area contributed by atoms with E-state index in [1.807, 2.05) is 0 Å². The zero-order chi connectivity index (χ0) is 43.2. The number of methoxy groups -OCH3 is 2. The monoisotopic (exact) mass is 811 g/mol. The van der Waals surface area contributed by atoms with E-state index >= 15 is 0 Å². The van der Waals surface area contributed by atoms with Crippen molar-refractivity contribution >= 4 is 23.8 Å². The standard InChI is InChI=1S/C44H82N12O2/c1-17-19-21-23-39(3,4)51-33-45-35(49-37(47-33)57-15)55(31-27-41(7,8)53-42(9,10)28-31)25-26-56(32-29-43(11,12)54-44(13,14)30-32)36-46-34(48-38(50-36)58-16)52-40(5,6)24-22-20-18-2/h31-32,53-54H,17-30H2,1-16H3,(H,45,47,49,51)(H,46,48,50,52). The Bertz CT molecular complexity index is 1460. The molecule has 4 heterocycles. The number of ether oxygens (including phenoxy) is 2. The third-order valence-electron chi connectivity index (χ3n) is 11.6. The first-order valence-electron chi connectivity index (χ1n) is 22.2. The predicted molar refractivity (Wildman–Crippen MR) is 240 cm³/mol. The summed E-state index contributed by atoms with van der Waals surface area (Å²) < 4.78 is 11.5. The lowest BCUT2D eigenvalue weighted by Crippen LogP contribution is -2.64. The lowest BCUT2D eigenvalue weighted by atomic mass is 9.78. The Hall–Kier alpha value is -3.26. The van der Waals surface area contributed by atoms with E-state index < -0.39 is 0 Å². The molecule has 0 spiro atoms. The summed E-state index contributed by atoms with van der Waals surface area (Å²) in [6, 6.07) is 0.848. The van der Waals surface area contributed by atoms with Gasteiger partial charge in [-0.15, -0.1) is 0 Å². The fraction of sp³-hybridized carbons (Fsp3) is 0.864. The van der Waals surface area contributed by atoms with Crippen molar-refractivity contribution in [3.05, 3.63) is 0 Å². The van der Waals surface area contributed by atoms with Gasteiger partial charge in [-0.05, 0) is 122 Å². The Morgan fingerprint density at radius 3 is 1.17 bits per heavy atom. The van der Waals surface area contributed by atoms with Crippen LogP contribution in [0.5, 0.6) is 12.0 Å². The second-order valence-corrected chi connectivity index (χ2v) is 21.1. The second-order valence-electron chi connectivity index (χ2n) is 21.1. The van der Waals surface area contributed by atoms with Gasteiger partial charge >= 0.3 is 12.0 Å². The number of unbranched alkanes of at least 4 members (excludes halogenated alkanes) is 4. The summed E-state index contributed by atoms with van der Waals surface area (Å²) in [7, 11) is 3.26. The van der Waals surface area contributed by atoms with Crippen molar-refractivity contribution in [1.29, 1.82) is 0 Å². The first-order valence-corrected chi connectivity index (χ1v) is 22.2. The summed E-state index contributed by atoms with van der Waals surface area (Å²) >= 11 is 0. The molecule has 0 bridgehead atoms. The molecule has 0 atom stereocenters. The highest BCUT2D eigenvalue weighted by Gasteiger charge is 2.43. The van der Waals surface area contributed by atoms with Crippen LogP contribution in [0.15, 0.2) is 0 Å². The van der Waals surface area contributed by atoms with Crippen LogP contribution in [0.4, 0.5) is 23.8 Å². The minimum absolute atomic E-state index is 0.112. The lowest BCUT2D eigenvalue weighted by Gasteiger charge is -2.51. The van der Waals surface area contributed by atoms with E-state index in [2.05, 4.69) is 128 Å². The number of anilines is 4. The number of aromatic nitrogens is 6. The average Bonchev–Trinajstić information content (AvgIpc) is 3.06. The summed E-state index contributed by atoms with van der Waals surface area (Å²) in [4.78, 5) is 34.5. The van der Waals surface area contributed by atoms with E-state index in [1.54, 1.807) is 14.2 Å². The smallest absolute Gasteiger partial charge is 0.322 e. The molecule has 0 aromatic carbocycles. The first-order chi connectivity index (χ1) is 26.9. The Labute approximate surface area is 352 Å². The van der Waals surface area contributed by atoms with E-state index in [-0.39, 0.29) is 45.3 Å². The Morgan fingerprint density at radius 2 is 0.879 bits per heavy atom. The molecule has 14 nitrogen and oxygen atoms in total. The average molecular weight is 811 g/mol. The fourth-order valence-corrected chi connectivity index (χ4v) is 9.69. The highest BCUT2D eigenvalue weighted by atomic mass is 16.5. The Kier molecular flexibility index (Phi) is 15.5. The molecule has 14 heteroatoms. The van der Waals surface area contributed by atoms with Gasteiger partial charge in [0, 0.05) is 58.4 Å². The quantitative estimate of drug-likeness (QED) is 0.0892. The number of piperidine rings is 2. The number of rotatable bonds is 21. The third-order valence-corrected chi connectivity index (χ3v) is 11.6. The van der Waals surface area contributed by atoms with Crippen LogP contribution in [0.2, 0.25) is 0 Å². The molecule has 2 aromatic rings. The largest absolute Gasteiger partial charge is 0.467 e. The molecule has 58 heavy (non-hydrogen) atoms. The molecule has 0 amide bonds. The van der Waals surface area contributed by atoms with Gasteiger partial charge in [0.2, 0.25) is 23.8 Å². The summed E-state index contributed by atoms with van der Waals surface area (Å²) in [5.41, 5.74) is -0.861. The maximum Gasteiger partial charge on any atom is 0.322 e. The van der Waals surface area contributed by atoms with E-state index in [0.29, 0.717) is 48.9 Å². The van der Waals surface area contributed by atoms with Crippen molar-refractivity contribution in [3.63, 3.8) is 0 Å². The SMILES string of the molecule is CCCCCC(C)(C)Nc1nc(OC)nc(N(CCN(c2nc(NC(C)(C)CCCCC)nc(OC)n2)C2CC(C)(C)NC(C)(C)C2)C2CC(C)(C)NC(C)(C)C2)n1. The van der Waals surface area contributed by atoms with E-state index in [0.717, 1.165) is 51.4 Å². The van der Waals surface area contributed by atoms with Gasteiger partial charge in [0.05, 0.1) is 14.2 Å². The molecule has 0 aliphatic carbocycles. The van der Waals surface area contributed by atoms with E-state index in [4.69, 9.17) is 39.4 Å². The highest BCUT2D eigenvalue weighted by molar-refractivity contribution is 5.45. The van der Waals surface area contributed by atoms with Gasteiger partial charge in [-0.1, -0.05) is 52.4 Å². The molecule has 4 N–H and O–H groups in total. The van der Waals surface area contributed by atoms with Crippen molar-refractivity contribution < 1.29 is 9.47 Å². The van der Waals surface area contributed by atoms with E-state index in [9.17, 15) is 0 Å². The predicted octanol–water partition coefficient (Wildman–Crippen LogP) is 8.55. The van der Waals surface area contributed by atoms with Crippen molar-refractivity contribution in [2.75, 3.05) is 47.7 Å². The molecule has 2 aromatic heterocycles. The number of nitrogens with zero attached hydrogens (tertiary/aromatic N) is 8. The summed E-state index contributed by atoms with van der Waals surface area (Å²) in [6.07, 6.45) is 12.6. The van der Waals surface area contributed by atoms with Crippen molar-refractivity contribution in [1.82, 2.24) is 40.5 Å². The van der Waals surface area contributed by atoms with E-state index in [1.165, 1.54) is 25.7 Å². The van der Waals surface area contributed by atoms with Crippen LogP contribution in [0.3, 0.4) is 0 Å². The van der Waals surface area contributed by atoms with Gasteiger partial charge in [-0.25, -0.2) is 0 Å². The molecule has 330 valence electrons. The van der Waals surface area contributed by atoms with Gasteiger partial charge in [-0.2, -0.15) is 29.9 Å². The van der Waals surface area contributed by atoms with Gasteiger partial charge in [0.25, 0.3) is 0 Å². The molecule has 0 unspecified atom stereocenters. The lowest BCUT2D eigenvalue weighted by molar-refractivity contribution is 0.153. The topological polar surface area (TPSA) is 150 Å². The number of hydrogen-bond donors (Lipinski definition) is 4. The second kappa shape index (κ2) is 19.0. The fourth-order valence-electron chi connectivity index (χ4n) is 9.69. The van der Waals surface area contributed by atoms with Crippen LogP contribution >= 0.6 is 0 Å². The van der Waals surface area contributed by atoms with Gasteiger partial charge in [-0.3, -0.25) is 0 Å². The van der Waals surface area contributed by atoms with Gasteiger partial charge in [0.1, 0.15) is 0 Å². The van der Waals surface area contributed by atoms with Crippen LogP contribution in [0.25, 0.3) is 0 Å². The maximum atomic E-state index is 5.77. The summed E-state index contributed by atoms with van der Waals surface area (Å²) in [5.74, 6) is 2.26. The minimum atomic E-state index is -0.207. The zero-order valence-corrected chi connectivity index (χ0v) is 39.4. The van der Waals surface area contributed by atoms with Crippen molar-refractivity contribution in [2.24, 2.45) is 0 Å². The number of hydrogen-bond acceptors (Lipinski definition) is 14. The van der Waals surface area contributed by atoms with Crippen LogP contribution in [-0.4, -0.2) is 103 Å². The molecule has 4 rings (SSSR count). The highest BCUT2D eigenvalue weighted by Crippen LogP contribution is 2.37. The van der Waals surface area contributed by atoms with Gasteiger partial charge in [0.15, 0.2) is 0 Å². The minimum Gasteiger partial charge on any atom is -0.467 e. The first kappa shape index (κ1) is 47.4. The normalized spacial score (nSPS) is 19.4. The molecule has 0 saturated carbocycles. The van der Waals surface area contributed by atoms with Crippen molar-refractivity contribution in [3.8, 4) is 12.0 Å². The van der Waals surface area contributed by atoms with Crippen LogP contribution in [0.1, 0.15) is 174 Å². The molecule has 2 aliphatic heterocycles. The summed E-state index contributed by atoms with van der Waals surface area (Å²) in [6.45, 7) is 32.9. The third kappa shape index (κ3) is 14.2. The van der Waals surface area contributed by atoms with Crippen LogP contribution in [-0.2, 0) is 0 Å². The zero-order valence-electron chi connectivity index (χ0n) is 39.4. The van der Waals surface area contributed by atoms with Crippen molar-refractivity contribution in [2.45, 2.75) is 219 Å². The summed E-state index contributed by atoms with van der Waals surface area (Å²) in [5, 5.41) is 15.1. The van der Waals surface area contributed by atoms with Crippen LogP contribution < -0.4 is 40.5 Å². The maximum absolute atomic E-state index is 5.77. The molecule has 2 fully saturated rings. The molecular weight excluding hydrogens is 729 g/mol. The van der Waals surface area contributed by atoms with Crippen LogP contribution in [0, 0.1) is 0 Å². The molecule has 2 saturated heterocycles.